The number of carbonyl (C=O) groups is 1. The van der Waals surface area contributed by atoms with E-state index in [-0.39, 0.29) is 23.0 Å². The van der Waals surface area contributed by atoms with Gasteiger partial charge in [0.1, 0.15) is 5.82 Å². The van der Waals surface area contributed by atoms with E-state index < -0.39 is 9.84 Å². The Kier molecular flexibility index (Phi) is 4.92. The zero-order valence-corrected chi connectivity index (χ0v) is 12.9. The van der Waals surface area contributed by atoms with Crippen LogP contribution in [0.25, 0.3) is 0 Å². The zero-order valence-electron chi connectivity index (χ0n) is 12.0. The van der Waals surface area contributed by atoms with Crippen molar-refractivity contribution in [3.05, 3.63) is 65.5 Å². The quantitative estimate of drug-likeness (QED) is 0.917. The van der Waals surface area contributed by atoms with Gasteiger partial charge in [-0.25, -0.2) is 12.8 Å². The van der Waals surface area contributed by atoms with Crippen molar-refractivity contribution in [2.24, 2.45) is 0 Å². The van der Waals surface area contributed by atoms with Gasteiger partial charge in [-0.15, -0.1) is 0 Å². The Morgan fingerprint density at radius 2 is 1.55 bits per heavy atom. The Morgan fingerprint density at radius 1 is 1.00 bits per heavy atom. The molecular formula is C16H16FNO3S. The molecule has 1 amide bonds. The highest BCUT2D eigenvalue weighted by molar-refractivity contribution is 7.90. The largest absolute Gasteiger partial charge is 0.352 e. The number of hydrogen-bond acceptors (Lipinski definition) is 3. The van der Waals surface area contributed by atoms with Gasteiger partial charge in [0.2, 0.25) is 5.91 Å². The standard InChI is InChI=1S/C16H16FNO3S/c1-22(20,21)15-8-4-12(5-9-15)10-16(19)18-11-13-2-6-14(17)7-3-13/h2-9H,10-11H2,1H3,(H,18,19). The van der Waals surface area contributed by atoms with Crippen molar-refractivity contribution in [1.29, 1.82) is 0 Å². The van der Waals surface area contributed by atoms with Crippen LogP contribution in [0.4, 0.5) is 4.39 Å². The maximum atomic E-state index is 12.8. The summed E-state index contributed by atoms with van der Waals surface area (Å²) in [5, 5.41) is 2.73. The summed E-state index contributed by atoms with van der Waals surface area (Å²) >= 11 is 0. The third-order valence-corrected chi connectivity index (χ3v) is 4.25. The summed E-state index contributed by atoms with van der Waals surface area (Å²) in [6, 6.07) is 12.1. The number of halogens is 1. The maximum Gasteiger partial charge on any atom is 0.224 e. The predicted molar refractivity (Wildman–Crippen MR) is 81.5 cm³/mol. The number of sulfone groups is 1. The third kappa shape index (κ3) is 4.66. The zero-order chi connectivity index (χ0) is 16.2. The first-order chi connectivity index (χ1) is 10.3. The summed E-state index contributed by atoms with van der Waals surface area (Å²) in [7, 11) is -3.23. The fourth-order valence-electron chi connectivity index (χ4n) is 1.91. The van der Waals surface area contributed by atoms with Gasteiger partial charge in [-0.2, -0.15) is 0 Å². The van der Waals surface area contributed by atoms with Gasteiger partial charge in [0, 0.05) is 12.8 Å². The number of hydrogen-bond donors (Lipinski definition) is 1. The third-order valence-electron chi connectivity index (χ3n) is 3.12. The molecule has 0 radical (unpaired) electrons. The molecule has 0 saturated heterocycles. The van der Waals surface area contributed by atoms with E-state index in [1.54, 1.807) is 24.3 Å². The molecule has 2 rings (SSSR count). The minimum absolute atomic E-state index is 0.158. The minimum Gasteiger partial charge on any atom is -0.352 e. The summed E-state index contributed by atoms with van der Waals surface area (Å²) in [6.07, 6.45) is 1.29. The topological polar surface area (TPSA) is 63.2 Å². The summed E-state index contributed by atoms with van der Waals surface area (Å²) in [5.74, 6) is -0.502. The molecule has 0 heterocycles. The monoisotopic (exact) mass is 321 g/mol. The Hall–Kier alpha value is -2.21. The molecule has 0 aliphatic heterocycles. The second kappa shape index (κ2) is 6.70. The van der Waals surface area contributed by atoms with Crippen LogP contribution >= 0.6 is 0 Å². The number of nitrogens with one attached hydrogen (secondary N) is 1. The molecule has 4 nitrogen and oxygen atoms in total. The molecule has 0 aliphatic rings. The normalized spacial score (nSPS) is 11.2. The molecule has 0 aromatic heterocycles. The van der Waals surface area contributed by atoms with Crippen LogP contribution < -0.4 is 5.32 Å². The van der Waals surface area contributed by atoms with Crippen LogP contribution in [0.1, 0.15) is 11.1 Å². The average molecular weight is 321 g/mol. The molecule has 0 atom stereocenters. The highest BCUT2D eigenvalue weighted by Gasteiger charge is 2.08. The lowest BCUT2D eigenvalue weighted by Crippen LogP contribution is -2.24. The SMILES string of the molecule is CS(=O)(=O)c1ccc(CC(=O)NCc2ccc(F)cc2)cc1. The Balaban J connectivity index is 1.90. The van der Waals surface area contributed by atoms with Gasteiger partial charge in [-0.3, -0.25) is 4.79 Å². The maximum absolute atomic E-state index is 12.8. The molecular weight excluding hydrogens is 305 g/mol. The molecule has 22 heavy (non-hydrogen) atoms. The average Bonchev–Trinajstić information content (AvgIpc) is 2.46. The Labute approximate surface area is 128 Å². The van der Waals surface area contributed by atoms with Gasteiger partial charge in [-0.1, -0.05) is 24.3 Å². The van der Waals surface area contributed by atoms with E-state index >= 15 is 0 Å². The van der Waals surface area contributed by atoms with Crippen LogP contribution in [-0.4, -0.2) is 20.6 Å². The highest BCUT2D eigenvalue weighted by Crippen LogP contribution is 2.11. The number of rotatable bonds is 5. The molecule has 0 bridgehead atoms. The smallest absolute Gasteiger partial charge is 0.224 e. The van der Waals surface area contributed by atoms with Gasteiger partial charge in [-0.05, 0) is 35.4 Å². The molecule has 0 spiro atoms. The van der Waals surface area contributed by atoms with Crippen molar-refractivity contribution < 1.29 is 17.6 Å². The van der Waals surface area contributed by atoms with Crippen LogP contribution in [0.3, 0.4) is 0 Å². The van der Waals surface area contributed by atoms with Crippen molar-refractivity contribution in [2.75, 3.05) is 6.26 Å². The summed E-state index contributed by atoms with van der Waals surface area (Å²) in [6.45, 7) is 0.320. The first-order valence-corrected chi connectivity index (χ1v) is 8.54. The summed E-state index contributed by atoms with van der Waals surface area (Å²) in [4.78, 5) is 12.1. The molecule has 1 N–H and O–H groups in total. The molecule has 2 aromatic carbocycles. The van der Waals surface area contributed by atoms with Crippen molar-refractivity contribution in [1.82, 2.24) is 5.32 Å². The molecule has 0 saturated carbocycles. The van der Waals surface area contributed by atoms with Crippen LogP contribution in [0.5, 0.6) is 0 Å². The predicted octanol–water partition coefficient (Wildman–Crippen LogP) is 2.09. The lowest BCUT2D eigenvalue weighted by Gasteiger charge is -2.06. The van der Waals surface area contributed by atoms with E-state index in [4.69, 9.17) is 0 Å². The van der Waals surface area contributed by atoms with E-state index in [1.165, 1.54) is 24.3 Å². The van der Waals surface area contributed by atoms with E-state index in [2.05, 4.69) is 5.32 Å². The van der Waals surface area contributed by atoms with E-state index in [0.29, 0.717) is 6.54 Å². The van der Waals surface area contributed by atoms with Crippen molar-refractivity contribution in [2.45, 2.75) is 17.9 Å². The second-order valence-corrected chi connectivity index (χ2v) is 7.01. The highest BCUT2D eigenvalue weighted by atomic mass is 32.2. The minimum atomic E-state index is -3.23. The van der Waals surface area contributed by atoms with Gasteiger partial charge >= 0.3 is 0 Å². The van der Waals surface area contributed by atoms with Crippen LogP contribution in [0.15, 0.2) is 53.4 Å². The first-order valence-electron chi connectivity index (χ1n) is 6.65. The Morgan fingerprint density at radius 3 is 2.09 bits per heavy atom. The van der Waals surface area contributed by atoms with E-state index in [9.17, 15) is 17.6 Å². The van der Waals surface area contributed by atoms with Gasteiger partial charge < -0.3 is 5.32 Å². The van der Waals surface area contributed by atoms with Gasteiger partial charge in [0.15, 0.2) is 9.84 Å². The van der Waals surface area contributed by atoms with E-state index in [1.807, 2.05) is 0 Å². The van der Waals surface area contributed by atoms with Crippen LogP contribution in [-0.2, 0) is 27.6 Å². The van der Waals surface area contributed by atoms with Gasteiger partial charge in [0.05, 0.1) is 11.3 Å². The lowest BCUT2D eigenvalue weighted by molar-refractivity contribution is -0.120. The molecule has 0 unspecified atom stereocenters. The van der Waals surface area contributed by atoms with Crippen molar-refractivity contribution in [3.8, 4) is 0 Å². The number of amides is 1. The fraction of sp³-hybridized carbons (Fsp3) is 0.188. The molecule has 116 valence electrons. The molecule has 0 aliphatic carbocycles. The first kappa shape index (κ1) is 16.2. The summed E-state index contributed by atoms with van der Waals surface area (Å²) in [5.41, 5.74) is 1.53. The van der Waals surface area contributed by atoms with Crippen LogP contribution in [0.2, 0.25) is 0 Å². The van der Waals surface area contributed by atoms with Gasteiger partial charge in [0.25, 0.3) is 0 Å². The molecule has 2 aromatic rings. The van der Waals surface area contributed by atoms with E-state index in [0.717, 1.165) is 17.4 Å². The number of carbonyl (C=O) groups excluding carboxylic acids is 1. The molecule has 0 fully saturated rings. The Bertz CT molecular complexity index is 753. The summed E-state index contributed by atoms with van der Waals surface area (Å²) < 4.78 is 35.4. The lowest BCUT2D eigenvalue weighted by atomic mass is 10.1. The fourth-order valence-corrected chi connectivity index (χ4v) is 2.54. The van der Waals surface area contributed by atoms with Crippen molar-refractivity contribution in [3.63, 3.8) is 0 Å². The second-order valence-electron chi connectivity index (χ2n) is 5.00. The molecule has 6 heteroatoms. The van der Waals surface area contributed by atoms with Crippen LogP contribution in [0, 0.1) is 5.82 Å². The number of benzene rings is 2. The van der Waals surface area contributed by atoms with Crippen molar-refractivity contribution >= 4 is 15.7 Å².